The third-order valence-corrected chi connectivity index (χ3v) is 6.49. The largest absolute Gasteiger partial charge is 0.598 e. The van der Waals surface area contributed by atoms with E-state index in [0.29, 0.717) is 12.8 Å². The van der Waals surface area contributed by atoms with Gasteiger partial charge in [0.2, 0.25) is 0 Å². The van der Waals surface area contributed by atoms with Crippen LogP contribution < -0.4 is 4.72 Å². The number of hydrogen-bond donors (Lipinski definition) is 1. The molecule has 2 unspecified atom stereocenters. The van der Waals surface area contributed by atoms with Crippen LogP contribution in [0.15, 0.2) is 54.6 Å². The maximum absolute atomic E-state index is 12.7. The summed E-state index contributed by atoms with van der Waals surface area (Å²) in [5.41, 5.74) is 3.01. The summed E-state index contributed by atoms with van der Waals surface area (Å²) >= 11 is -1.21. The van der Waals surface area contributed by atoms with Crippen LogP contribution in [0.3, 0.4) is 0 Å². The topological polar surface area (TPSA) is 61.4 Å². The molecule has 0 saturated heterocycles. The van der Waals surface area contributed by atoms with E-state index in [-0.39, 0.29) is 10.8 Å². The van der Waals surface area contributed by atoms with Gasteiger partial charge in [0, 0.05) is 17.5 Å². The molecule has 0 heterocycles. The molecule has 0 spiro atoms. The van der Waals surface area contributed by atoms with Crippen molar-refractivity contribution in [1.82, 2.24) is 4.72 Å². The summed E-state index contributed by atoms with van der Waals surface area (Å²) < 4.78 is 32.6. The Kier molecular flexibility index (Phi) is 7.93. The standard InChI is InChI=1S/C20H28NO3PS/c1-5-25(22)24-15-16-10-9-13-18(14-16)19(17-11-7-6-8-12-17)21-26(23)20(2,3)4/h6-14,19,21,25H,5,15H2,1-4H3/t19-,26?/m1/s1. The van der Waals surface area contributed by atoms with E-state index < -0.39 is 19.4 Å². The van der Waals surface area contributed by atoms with Gasteiger partial charge < -0.3 is 9.08 Å². The van der Waals surface area contributed by atoms with Crippen molar-refractivity contribution >= 4 is 19.4 Å². The first kappa shape index (κ1) is 21.2. The molecule has 0 amide bonds. The molecule has 3 atom stereocenters. The summed E-state index contributed by atoms with van der Waals surface area (Å²) in [6, 6.07) is 17.7. The molecular weight excluding hydrogens is 365 g/mol. The lowest BCUT2D eigenvalue weighted by Gasteiger charge is -2.28. The van der Waals surface area contributed by atoms with Crippen LogP contribution >= 0.6 is 8.03 Å². The van der Waals surface area contributed by atoms with Crippen LogP contribution in [0.2, 0.25) is 0 Å². The van der Waals surface area contributed by atoms with Crippen molar-refractivity contribution in [2.45, 2.75) is 45.1 Å². The van der Waals surface area contributed by atoms with E-state index in [0.717, 1.165) is 16.7 Å². The Morgan fingerprint density at radius 1 is 1.12 bits per heavy atom. The molecule has 142 valence electrons. The zero-order chi connectivity index (χ0) is 19.2. The molecule has 0 saturated carbocycles. The van der Waals surface area contributed by atoms with Gasteiger partial charge in [0.1, 0.15) is 10.8 Å². The molecule has 1 N–H and O–H groups in total. The highest BCUT2D eigenvalue weighted by Crippen LogP contribution is 2.28. The van der Waals surface area contributed by atoms with E-state index in [1.165, 1.54) is 0 Å². The van der Waals surface area contributed by atoms with Crippen molar-refractivity contribution in [2.75, 3.05) is 6.16 Å². The van der Waals surface area contributed by atoms with Gasteiger partial charge in [-0.1, -0.05) is 61.5 Å². The van der Waals surface area contributed by atoms with Gasteiger partial charge in [-0.15, -0.1) is 4.72 Å². The molecule has 2 aromatic rings. The second kappa shape index (κ2) is 9.72. The average Bonchev–Trinajstić information content (AvgIpc) is 2.64. The molecule has 26 heavy (non-hydrogen) atoms. The first-order valence-electron chi connectivity index (χ1n) is 8.78. The van der Waals surface area contributed by atoms with Crippen LogP contribution in [0, 0.1) is 0 Å². The van der Waals surface area contributed by atoms with Gasteiger partial charge in [-0.25, -0.2) is 0 Å². The predicted molar refractivity (Wildman–Crippen MR) is 110 cm³/mol. The van der Waals surface area contributed by atoms with Crippen molar-refractivity contribution < 1.29 is 13.6 Å². The van der Waals surface area contributed by atoms with Crippen LogP contribution in [0.4, 0.5) is 0 Å². The van der Waals surface area contributed by atoms with E-state index in [9.17, 15) is 9.12 Å². The van der Waals surface area contributed by atoms with E-state index >= 15 is 0 Å². The van der Waals surface area contributed by atoms with Crippen LogP contribution in [0.5, 0.6) is 0 Å². The zero-order valence-electron chi connectivity index (χ0n) is 15.8. The van der Waals surface area contributed by atoms with Gasteiger partial charge in [0.25, 0.3) is 0 Å². The highest BCUT2D eigenvalue weighted by atomic mass is 32.2. The lowest BCUT2D eigenvalue weighted by Crippen LogP contribution is -2.41. The molecule has 6 heteroatoms. The summed E-state index contributed by atoms with van der Waals surface area (Å²) in [7, 11) is -1.96. The molecule has 0 aromatic heterocycles. The molecule has 0 radical (unpaired) electrons. The normalized spacial score (nSPS) is 15.4. The van der Waals surface area contributed by atoms with Crippen LogP contribution in [-0.2, 0) is 27.1 Å². The highest BCUT2D eigenvalue weighted by molar-refractivity contribution is 7.90. The maximum atomic E-state index is 12.7. The fourth-order valence-corrected chi connectivity index (χ4v) is 3.76. The molecule has 0 aliphatic rings. The number of rotatable bonds is 8. The van der Waals surface area contributed by atoms with Crippen molar-refractivity contribution in [3.8, 4) is 0 Å². The Morgan fingerprint density at radius 3 is 2.38 bits per heavy atom. The number of hydrogen-bond acceptors (Lipinski definition) is 4. The third kappa shape index (κ3) is 6.26. The van der Waals surface area contributed by atoms with E-state index in [2.05, 4.69) is 4.72 Å². The van der Waals surface area contributed by atoms with Crippen LogP contribution in [0.25, 0.3) is 0 Å². The highest BCUT2D eigenvalue weighted by Gasteiger charge is 2.30. The minimum Gasteiger partial charge on any atom is -0.598 e. The lowest BCUT2D eigenvalue weighted by atomic mass is 9.98. The molecule has 2 rings (SSSR count). The van der Waals surface area contributed by atoms with Gasteiger partial charge in [-0.05, 0) is 37.5 Å². The molecule has 4 nitrogen and oxygen atoms in total. The first-order valence-corrected chi connectivity index (χ1v) is 11.5. The second-order valence-corrected chi connectivity index (χ2v) is 10.8. The van der Waals surface area contributed by atoms with Gasteiger partial charge in [-0.2, -0.15) is 0 Å². The Hall–Kier alpha value is -1.10. The average molecular weight is 393 g/mol. The fourth-order valence-electron chi connectivity index (χ4n) is 2.39. The summed E-state index contributed by atoms with van der Waals surface area (Å²) in [5.74, 6) is 0. The number of benzene rings is 2. The van der Waals surface area contributed by atoms with Crippen molar-refractivity contribution in [3.05, 3.63) is 71.3 Å². The Morgan fingerprint density at radius 2 is 1.77 bits per heavy atom. The second-order valence-electron chi connectivity index (χ2n) is 7.10. The van der Waals surface area contributed by atoms with Gasteiger partial charge in [0.05, 0.1) is 6.61 Å². The Labute approximate surface area is 160 Å². The van der Waals surface area contributed by atoms with Gasteiger partial charge in [0.15, 0.2) is 8.03 Å². The molecule has 0 aliphatic carbocycles. The van der Waals surface area contributed by atoms with Crippen LogP contribution in [0.1, 0.15) is 50.4 Å². The summed E-state index contributed by atoms with van der Waals surface area (Å²) in [6.07, 6.45) is 0.545. The smallest absolute Gasteiger partial charge is 0.191 e. The first-order chi connectivity index (χ1) is 12.3. The van der Waals surface area contributed by atoms with E-state index in [1.807, 2.05) is 82.3 Å². The maximum Gasteiger partial charge on any atom is 0.191 e. The SMILES string of the molecule is CC[PH](=O)OCc1cccc([C@H](N[S+]([O-])C(C)(C)C)c2ccccc2)c1. The van der Waals surface area contributed by atoms with Crippen molar-refractivity contribution in [2.24, 2.45) is 0 Å². The minimum absolute atomic E-state index is 0.195. The van der Waals surface area contributed by atoms with Crippen molar-refractivity contribution in [1.29, 1.82) is 0 Å². The monoisotopic (exact) mass is 393 g/mol. The fraction of sp³-hybridized carbons (Fsp3) is 0.400. The van der Waals surface area contributed by atoms with Crippen LogP contribution in [-0.4, -0.2) is 15.5 Å². The quantitative estimate of drug-likeness (QED) is 0.515. The Bertz CT molecular complexity index is 718. The van der Waals surface area contributed by atoms with Gasteiger partial charge in [-0.3, -0.25) is 4.57 Å². The zero-order valence-corrected chi connectivity index (χ0v) is 17.6. The minimum atomic E-state index is -1.96. The Balaban J connectivity index is 2.29. The number of nitrogens with one attached hydrogen (secondary N) is 1. The predicted octanol–water partition coefficient (Wildman–Crippen LogP) is 4.84. The summed E-state index contributed by atoms with van der Waals surface area (Å²) in [5, 5.41) is 0. The molecule has 0 aliphatic heterocycles. The van der Waals surface area contributed by atoms with E-state index in [4.69, 9.17) is 4.52 Å². The molecule has 0 fully saturated rings. The van der Waals surface area contributed by atoms with Crippen molar-refractivity contribution in [3.63, 3.8) is 0 Å². The van der Waals surface area contributed by atoms with Gasteiger partial charge >= 0.3 is 0 Å². The lowest BCUT2D eigenvalue weighted by molar-refractivity contribution is 0.319. The molecule has 0 bridgehead atoms. The molecular formula is C20H28NO3PS. The summed E-state index contributed by atoms with van der Waals surface area (Å²) in [4.78, 5) is 0. The molecule has 2 aromatic carbocycles. The van der Waals surface area contributed by atoms with E-state index in [1.54, 1.807) is 0 Å². The third-order valence-electron chi connectivity index (χ3n) is 3.89. The summed E-state index contributed by atoms with van der Waals surface area (Å²) in [6.45, 7) is 8.03.